The van der Waals surface area contributed by atoms with Crippen molar-refractivity contribution in [2.24, 2.45) is 0 Å². The lowest BCUT2D eigenvalue weighted by Gasteiger charge is -2.42. The third kappa shape index (κ3) is 3.40. The van der Waals surface area contributed by atoms with Crippen molar-refractivity contribution < 1.29 is 9.84 Å². The average molecular weight is 326 g/mol. The van der Waals surface area contributed by atoms with E-state index in [2.05, 4.69) is 34.9 Å². The summed E-state index contributed by atoms with van der Waals surface area (Å²) in [4.78, 5) is 0. The second-order valence-electron chi connectivity index (χ2n) is 6.82. The number of ether oxygens (including phenoxy) is 1. The number of rotatable bonds is 5. The molecule has 1 heterocycles. The lowest BCUT2D eigenvalue weighted by molar-refractivity contribution is -0.0643. The second-order valence-corrected chi connectivity index (χ2v) is 6.82. The Balaban J connectivity index is 1.78. The predicted molar refractivity (Wildman–Crippen MR) is 97.6 cm³/mol. The van der Waals surface area contributed by atoms with Crippen LogP contribution in [0.5, 0.6) is 5.75 Å². The van der Waals surface area contributed by atoms with Gasteiger partial charge in [0.25, 0.3) is 0 Å². The van der Waals surface area contributed by atoms with Crippen molar-refractivity contribution in [3.8, 4) is 5.75 Å². The van der Waals surface area contributed by atoms with Crippen LogP contribution in [0.3, 0.4) is 0 Å². The number of benzene rings is 2. The molecule has 1 unspecified atom stereocenters. The Morgan fingerprint density at radius 1 is 1.12 bits per heavy atom. The van der Waals surface area contributed by atoms with E-state index in [1.54, 1.807) is 0 Å². The summed E-state index contributed by atoms with van der Waals surface area (Å²) in [5.74, 6) is 0.828. The van der Waals surface area contributed by atoms with E-state index in [0.717, 1.165) is 30.0 Å². The van der Waals surface area contributed by atoms with Crippen molar-refractivity contribution >= 4 is 5.69 Å². The normalized spacial score (nSPS) is 21.7. The quantitative estimate of drug-likeness (QED) is 0.790. The molecular weight excluding hydrogens is 300 g/mol. The van der Waals surface area contributed by atoms with Crippen molar-refractivity contribution in [1.82, 2.24) is 5.32 Å². The van der Waals surface area contributed by atoms with Gasteiger partial charge >= 0.3 is 0 Å². The Hall–Kier alpha value is -2.04. The molecule has 4 heteroatoms. The van der Waals surface area contributed by atoms with E-state index in [-0.39, 0.29) is 6.04 Å². The Labute approximate surface area is 143 Å². The molecule has 0 radical (unpaired) electrons. The van der Waals surface area contributed by atoms with Gasteiger partial charge in [0.05, 0.1) is 6.04 Å². The minimum absolute atomic E-state index is 0.140. The van der Waals surface area contributed by atoms with Gasteiger partial charge in [-0.15, -0.1) is 0 Å². The lowest BCUT2D eigenvalue weighted by atomic mass is 9.86. The van der Waals surface area contributed by atoms with Crippen LogP contribution in [-0.2, 0) is 6.42 Å². The number of fused-ring (bicyclic) bond motifs is 1. The maximum absolute atomic E-state index is 10.8. The highest BCUT2D eigenvalue weighted by molar-refractivity contribution is 5.53. The molecule has 1 aliphatic heterocycles. The molecule has 4 nitrogen and oxygen atoms in total. The third-order valence-corrected chi connectivity index (χ3v) is 4.66. The van der Waals surface area contributed by atoms with Gasteiger partial charge in [0.2, 0.25) is 0 Å². The van der Waals surface area contributed by atoms with E-state index in [1.807, 2.05) is 45.2 Å². The first-order valence-corrected chi connectivity index (χ1v) is 8.47. The highest BCUT2D eigenvalue weighted by Gasteiger charge is 2.42. The second kappa shape index (κ2) is 6.83. The number of anilines is 1. The zero-order chi connectivity index (χ0) is 17.2. The van der Waals surface area contributed by atoms with Crippen LogP contribution >= 0.6 is 0 Å². The smallest absolute Gasteiger partial charge is 0.131 e. The topological polar surface area (TPSA) is 53.5 Å². The van der Waals surface area contributed by atoms with Crippen LogP contribution in [0.2, 0.25) is 0 Å². The van der Waals surface area contributed by atoms with Crippen LogP contribution in [0.25, 0.3) is 0 Å². The maximum Gasteiger partial charge on any atom is 0.131 e. The molecule has 0 aromatic heterocycles. The van der Waals surface area contributed by atoms with Gasteiger partial charge in [-0.2, -0.15) is 0 Å². The van der Waals surface area contributed by atoms with E-state index < -0.39 is 11.7 Å². The van der Waals surface area contributed by atoms with Crippen molar-refractivity contribution in [3.05, 3.63) is 59.7 Å². The minimum Gasteiger partial charge on any atom is -0.485 e. The number of hydrogen-bond donors (Lipinski definition) is 3. The van der Waals surface area contributed by atoms with Crippen LogP contribution in [-0.4, -0.2) is 30.4 Å². The van der Waals surface area contributed by atoms with Crippen LogP contribution < -0.4 is 15.4 Å². The van der Waals surface area contributed by atoms with Gasteiger partial charge in [0.15, 0.2) is 0 Å². The monoisotopic (exact) mass is 326 g/mol. The van der Waals surface area contributed by atoms with Gasteiger partial charge in [0.1, 0.15) is 17.5 Å². The summed E-state index contributed by atoms with van der Waals surface area (Å²) in [6.45, 7) is 4.66. The Morgan fingerprint density at radius 3 is 2.58 bits per heavy atom. The molecule has 0 amide bonds. The molecule has 0 fully saturated rings. The fourth-order valence-corrected chi connectivity index (χ4v) is 3.19. The number of hydrogen-bond acceptors (Lipinski definition) is 4. The highest BCUT2D eigenvalue weighted by atomic mass is 16.5. The SMILES string of the molecule is CNc1ccc2c(c1)OC(C)(C)C(O)[C@H]2NCCc1ccccc1. The molecule has 0 bridgehead atoms. The molecule has 0 saturated heterocycles. The molecular formula is C20H26N2O2. The molecule has 0 spiro atoms. The highest BCUT2D eigenvalue weighted by Crippen LogP contribution is 2.40. The Morgan fingerprint density at radius 2 is 1.88 bits per heavy atom. The molecule has 2 aromatic carbocycles. The summed E-state index contributed by atoms with van der Waals surface area (Å²) >= 11 is 0. The maximum atomic E-state index is 10.8. The minimum atomic E-state index is -0.635. The molecule has 3 rings (SSSR count). The zero-order valence-corrected chi connectivity index (χ0v) is 14.5. The number of nitrogens with one attached hydrogen (secondary N) is 2. The van der Waals surface area contributed by atoms with Gasteiger partial charge in [-0.25, -0.2) is 0 Å². The molecule has 128 valence electrons. The molecule has 2 atom stereocenters. The summed E-state index contributed by atoms with van der Waals surface area (Å²) in [5.41, 5.74) is 2.67. The Kier molecular flexibility index (Phi) is 4.78. The molecule has 0 aliphatic carbocycles. The first-order valence-electron chi connectivity index (χ1n) is 8.47. The summed E-state index contributed by atoms with van der Waals surface area (Å²) in [7, 11) is 1.89. The van der Waals surface area contributed by atoms with Crippen molar-refractivity contribution in [1.29, 1.82) is 0 Å². The van der Waals surface area contributed by atoms with Crippen molar-refractivity contribution in [3.63, 3.8) is 0 Å². The van der Waals surface area contributed by atoms with Crippen LogP contribution in [0.15, 0.2) is 48.5 Å². The van der Waals surface area contributed by atoms with E-state index in [1.165, 1.54) is 5.56 Å². The van der Waals surface area contributed by atoms with Crippen molar-refractivity contribution in [2.45, 2.75) is 38.0 Å². The predicted octanol–water partition coefficient (Wildman–Crippen LogP) is 3.13. The Bertz CT molecular complexity index is 685. The van der Waals surface area contributed by atoms with Gasteiger partial charge in [0, 0.05) is 24.4 Å². The average Bonchev–Trinajstić information content (AvgIpc) is 2.58. The molecule has 24 heavy (non-hydrogen) atoms. The first-order chi connectivity index (χ1) is 11.5. The van der Waals surface area contributed by atoms with Gasteiger partial charge in [-0.1, -0.05) is 36.4 Å². The third-order valence-electron chi connectivity index (χ3n) is 4.66. The molecule has 0 saturated carbocycles. The fraction of sp³-hybridized carbons (Fsp3) is 0.400. The standard InChI is InChI=1S/C20H26N2O2/c1-20(2)19(23)18(22-12-11-14-7-5-4-6-8-14)16-10-9-15(21-3)13-17(16)24-20/h4-10,13,18-19,21-23H,11-12H2,1-3H3/t18-,19?/m0/s1. The van der Waals surface area contributed by atoms with E-state index >= 15 is 0 Å². The van der Waals surface area contributed by atoms with Crippen LogP contribution in [0.4, 0.5) is 5.69 Å². The summed E-state index contributed by atoms with van der Waals surface area (Å²) in [5, 5.41) is 17.4. The summed E-state index contributed by atoms with van der Waals surface area (Å²) in [6, 6.07) is 16.3. The lowest BCUT2D eigenvalue weighted by Crippen LogP contribution is -2.52. The zero-order valence-electron chi connectivity index (χ0n) is 14.5. The van der Waals surface area contributed by atoms with Crippen LogP contribution in [0, 0.1) is 0 Å². The summed E-state index contributed by atoms with van der Waals surface area (Å²) in [6.07, 6.45) is 0.316. The van der Waals surface area contributed by atoms with E-state index in [4.69, 9.17) is 4.74 Å². The molecule has 1 aliphatic rings. The fourth-order valence-electron chi connectivity index (χ4n) is 3.19. The number of aliphatic hydroxyl groups is 1. The van der Waals surface area contributed by atoms with Gasteiger partial charge in [-0.3, -0.25) is 0 Å². The molecule has 3 N–H and O–H groups in total. The molecule has 2 aromatic rings. The van der Waals surface area contributed by atoms with Crippen molar-refractivity contribution in [2.75, 3.05) is 18.9 Å². The first kappa shape index (κ1) is 16.8. The largest absolute Gasteiger partial charge is 0.485 e. The van der Waals surface area contributed by atoms with Gasteiger partial charge in [-0.05, 0) is 38.4 Å². The van der Waals surface area contributed by atoms with Gasteiger partial charge < -0.3 is 20.5 Å². The van der Waals surface area contributed by atoms with E-state index in [0.29, 0.717) is 0 Å². The summed E-state index contributed by atoms with van der Waals surface area (Å²) < 4.78 is 6.04. The van der Waals surface area contributed by atoms with E-state index in [9.17, 15) is 5.11 Å². The number of aliphatic hydroxyl groups excluding tert-OH is 1. The van der Waals surface area contributed by atoms with Crippen LogP contribution in [0.1, 0.15) is 31.0 Å².